The van der Waals surface area contributed by atoms with E-state index in [-0.39, 0.29) is 31.9 Å². The standard InChI is InChI=1S/C17H18F2N6/c1-11-13(4-2-12-3-5-14(20)22-10-12)15(24-16(21)23-11)25-8-6-17(18,19)7-9-25/h3,5,10H,6-9H2,1H3,(H2,20,22)(H2,21,23,24). The van der Waals surface area contributed by atoms with Crippen molar-refractivity contribution >= 4 is 17.6 Å². The van der Waals surface area contributed by atoms with E-state index in [4.69, 9.17) is 11.5 Å². The van der Waals surface area contributed by atoms with E-state index in [9.17, 15) is 8.78 Å². The van der Waals surface area contributed by atoms with E-state index in [1.165, 1.54) is 0 Å². The quantitative estimate of drug-likeness (QED) is 0.768. The van der Waals surface area contributed by atoms with E-state index in [2.05, 4.69) is 26.8 Å². The minimum Gasteiger partial charge on any atom is -0.384 e. The maximum atomic E-state index is 13.4. The first-order valence-corrected chi connectivity index (χ1v) is 7.84. The first-order chi connectivity index (χ1) is 11.8. The summed E-state index contributed by atoms with van der Waals surface area (Å²) in [5.74, 6) is 4.38. The Hall–Kier alpha value is -2.95. The molecule has 1 saturated heterocycles. The minimum atomic E-state index is -2.63. The van der Waals surface area contributed by atoms with Crippen LogP contribution in [0.1, 0.15) is 29.7 Å². The number of piperidine rings is 1. The Bertz CT molecular complexity index is 829. The van der Waals surface area contributed by atoms with Crippen LogP contribution < -0.4 is 16.4 Å². The molecule has 0 radical (unpaired) electrons. The highest BCUT2D eigenvalue weighted by atomic mass is 19.3. The van der Waals surface area contributed by atoms with Crippen molar-refractivity contribution in [3.05, 3.63) is 35.2 Å². The molecule has 6 nitrogen and oxygen atoms in total. The molecule has 4 N–H and O–H groups in total. The topological polar surface area (TPSA) is 94.0 Å². The van der Waals surface area contributed by atoms with Crippen molar-refractivity contribution in [1.29, 1.82) is 0 Å². The van der Waals surface area contributed by atoms with Gasteiger partial charge in [0.05, 0.1) is 11.3 Å². The van der Waals surface area contributed by atoms with Gasteiger partial charge in [0.25, 0.3) is 5.92 Å². The van der Waals surface area contributed by atoms with Crippen LogP contribution >= 0.6 is 0 Å². The lowest BCUT2D eigenvalue weighted by Crippen LogP contribution is -2.40. The fourth-order valence-corrected chi connectivity index (χ4v) is 2.61. The number of nitrogen functional groups attached to an aromatic ring is 2. The van der Waals surface area contributed by atoms with Gasteiger partial charge in [0.2, 0.25) is 5.95 Å². The number of rotatable bonds is 1. The molecule has 3 rings (SSSR count). The molecule has 25 heavy (non-hydrogen) atoms. The molecule has 0 spiro atoms. The predicted molar refractivity (Wildman–Crippen MR) is 92.2 cm³/mol. The molecule has 8 heteroatoms. The summed E-state index contributed by atoms with van der Waals surface area (Å²) in [5.41, 5.74) is 13.2. The highest BCUT2D eigenvalue weighted by Crippen LogP contribution is 2.31. The maximum Gasteiger partial charge on any atom is 0.251 e. The minimum absolute atomic E-state index is 0.101. The molecular weight excluding hydrogens is 326 g/mol. The molecule has 0 aliphatic carbocycles. The highest BCUT2D eigenvalue weighted by Gasteiger charge is 2.35. The second kappa shape index (κ2) is 6.51. The number of nitrogens with zero attached hydrogens (tertiary/aromatic N) is 4. The maximum absolute atomic E-state index is 13.4. The third-order valence-electron chi connectivity index (χ3n) is 4.00. The van der Waals surface area contributed by atoms with Crippen LogP contribution in [0.2, 0.25) is 0 Å². The van der Waals surface area contributed by atoms with Crippen LogP contribution in [0.3, 0.4) is 0 Å². The Morgan fingerprint density at radius 2 is 1.84 bits per heavy atom. The molecule has 0 saturated carbocycles. The SMILES string of the molecule is Cc1nc(N)nc(N2CCC(F)(F)CC2)c1C#Cc1ccc(N)nc1. The van der Waals surface area contributed by atoms with E-state index in [1.807, 2.05) is 0 Å². The van der Waals surface area contributed by atoms with Gasteiger partial charge in [0, 0.05) is 37.7 Å². The number of hydrogen-bond donors (Lipinski definition) is 2. The van der Waals surface area contributed by atoms with Crippen LogP contribution in [0.5, 0.6) is 0 Å². The van der Waals surface area contributed by atoms with Gasteiger partial charge in [-0.05, 0) is 19.1 Å². The lowest BCUT2D eigenvalue weighted by molar-refractivity contribution is -0.0221. The molecule has 0 aromatic carbocycles. The van der Waals surface area contributed by atoms with Gasteiger partial charge >= 0.3 is 0 Å². The van der Waals surface area contributed by atoms with Crippen molar-refractivity contribution < 1.29 is 8.78 Å². The molecule has 0 unspecified atom stereocenters. The van der Waals surface area contributed by atoms with Gasteiger partial charge < -0.3 is 16.4 Å². The average molecular weight is 344 g/mol. The van der Waals surface area contributed by atoms with Gasteiger partial charge in [-0.1, -0.05) is 11.8 Å². The summed E-state index contributed by atoms with van der Waals surface area (Å²) in [5, 5.41) is 0. The molecule has 1 aliphatic rings. The second-order valence-corrected chi connectivity index (χ2v) is 5.93. The number of hydrogen-bond acceptors (Lipinski definition) is 6. The van der Waals surface area contributed by atoms with E-state index in [0.29, 0.717) is 28.5 Å². The van der Waals surface area contributed by atoms with E-state index < -0.39 is 5.92 Å². The van der Waals surface area contributed by atoms with Crippen molar-refractivity contribution in [2.45, 2.75) is 25.7 Å². The average Bonchev–Trinajstić information content (AvgIpc) is 2.55. The fourth-order valence-electron chi connectivity index (χ4n) is 2.61. The molecule has 2 aromatic heterocycles. The van der Waals surface area contributed by atoms with Crippen LogP contribution in [0.4, 0.5) is 26.4 Å². The lowest BCUT2D eigenvalue weighted by atomic mass is 10.1. The smallest absolute Gasteiger partial charge is 0.251 e. The van der Waals surface area contributed by atoms with Gasteiger partial charge in [-0.3, -0.25) is 0 Å². The number of alkyl halides is 2. The molecule has 1 fully saturated rings. The van der Waals surface area contributed by atoms with Crippen molar-refractivity contribution in [3.63, 3.8) is 0 Å². The molecule has 0 amide bonds. The van der Waals surface area contributed by atoms with Crippen LogP contribution in [-0.4, -0.2) is 34.0 Å². The first kappa shape index (κ1) is 16.9. The number of anilines is 3. The lowest BCUT2D eigenvalue weighted by Gasteiger charge is -2.33. The van der Waals surface area contributed by atoms with Gasteiger partial charge in [-0.25, -0.2) is 18.7 Å². The summed E-state index contributed by atoms with van der Waals surface area (Å²) in [6.45, 7) is 2.16. The molecule has 0 bridgehead atoms. The Morgan fingerprint density at radius 1 is 1.12 bits per heavy atom. The zero-order valence-electron chi connectivity index (χ0n) is 13.8. The largest absolute Gasteiger partial charge is 0.384 e. The van der Waals surface area contributed by atoms with Crippen LogP contribution in [0.25, 0.3) is 0 Å². The zero-order chi connectivity index (χ0) is 18.0. The Labute approximate surface area is 144 Å². The molecule has 3 heterocycles. The van der Waals surface area contributed by atoms with Crippen LogP contribution in [0.15, 0.2) is 18.3 Å². The Balaban J connectivity index is 1.95. The molecular formula is C17H18F2N6. The predicted octanol–water partition coefficient (Wildman–Crippen LogP) is 1.98. The summed E-state index contributed by atoms with van der Waals surface area (Å²) in [6.07, 6.45) is 1.13. The van der Waals surface area contributed by atoms with Gasteiger partial charge in [0.1, 0.15) is 11.6 Å². The van der Waals surface area contributed by atoms with Gasteiger partial charge in [0.15, 0.2) is 0 Å². The molecule has 0 atom stereocenters. The molecule has 1 aliphatic heterocycles. The third-order valence-corrected chi connectivity index (χ3v) is 4.00. The number of aromatic nitrogens is 3. The first-order valence-electron chi connectivity index (χ1n) is 7.84. The van der Waals surface area contributed by atoms with Crippen LogP contribution in [0, 0.1) is 18.8 Å². The highest BCUT2D eigenvalue weighted by molar-refractivity contribution is 5.61. The summed E-state index contributed by atoms with van der Waals surface area (Å²) >= 11 is 0. The second-order valence-electron chi connectivity index (χ2n) is 5.93. The fraction of sp³-hybridized carbons (Fsp3) is 0.353. The van der Waals surface area contributed by atoms with Crippen molar-refractivity contribution in [1.82, 2.24) is 15.0 Å². The number of pyridine rings is 1. The molecule has 2 aromatic rings. The summed E-state index contributed by atoms with van der Waals surface area (Å²) in [7, 11) is 0. The van der Waals surface area contributed by atoms with E-state index in [1.54, 1.807) is 30.2 Å². The third kappa shape index (κ3) is 3.94. The Morgan fingerprint density at radius 3 is 2.48 bits per heavy atom. The van der Waals surface area contributed by atoms with Crippen molar-refractivity contribution in [2.75, 3.05) is 29.5 Å². The monoisotopic (exact) mass is 344 g/mol. The summed E-state index contributed by atoms with van der Waals surface area (Å²) in [6, 6.07) is 3.41. The number of halogens is 2. The molecule has 130 valence electrons. The van der Waals surface area contributed by atoms with Crippen LogP contribution in [-0.2, 0) is 0 Å². The van der Waals surface area contributed by atoms with Crippen molar-refractivity contribution in [2.24, 2.45) is 0 Å². The number of aryl methyl sites for hydroxylation is 1. The van der Waals surface area contributed by atoms with Gasteiger partial charge in [-0.15, -0.1) is 0 Å². The van der Waals surface area contributed by atoms with E-state index >= 15 is 0 Å². The van der Waals surface area contributed by atoms with Crippen molar-refractivity contribution in [3.8, 4) is 11.8 Å². The Kier molecular flexibility index (Phi) is 4.40. The zero-order valence-corrected chi connectivity index (χ0v) is 13.8. The van der Waals surface area contributed by atoms with Gasteiger partial charge in [-0.2, -0.15) is 4.98 Å². The summed E-state index contributed by atoms with van der Waals surface area (Å²) in [4.78, 5) is 14.2. The normalized spacial score (nSPS) is 16.2. The van der Waals surface area contributed by atoms with E-state index in [0.717, 1.165) is 0 Å². The summed E-state index contributed by atoms with van der Waals surface area (Å²) < 4.78 is 26.9. The number of nitrogens with two attached hydrogens (primary N) is 2.